The van der Waals surface area contributed by atoms with Crippen LogP contribution in [0.15, 0.2) is 182 Å². The average Bonchev–Trinajstić information content (AvgIpc) is 3.67. The van der Waals surface area contributed by atoms with Crippen molar-refractivity contribution < 1.29 is 0 Å². The van der Waals surface area contributed by atoms with E-state index in [1.165, 1.54) is 76.6 Å². The van der Waals surface area contributed by atoms with Crippen molar-refractivity contribution in [2.45, 2.75) is 0 Å². The molecule has 0 aliphatic rings. The summed E-state index contributed by atoms with van der Waals surface area (Å²) < 4.78 is 4.92. The lowest BCUT2D eigenvalue weighted by Crippen LogP contribution is -1.95. The Kier molecular flexibility index (Phi) is 5.91. The van der Waals surface area contributed by atoms with Crippen LogP contribution in [0.4, 0.5) is 0 Å². The summed E-state index contributed by atoms with van der Waals surface area (Å²) in [5.41, 5.74) is 12.0. The van der Waals surface area contributed by atoms with Gasteiger partial charge in [-0.2, -0.15) is 0 Å². The third-order valence-electron chi connectivity index (χ3n) is 9.90. The molecule has 0 aliphatic carbocycles. The number of hydrogen-bond acceptors (Lipinski definition) is 0. The molecule has 10 rings (SSSR count). The normalized spacial score (nSPS) is 11.8. The Labute approximate surface area is 278 Å². The molecule has 48 heavy (non-hydrogen) atoms. The molecule has 0 amide bonds. The standard InChI is InChI=1S/C46H30N2/c1-3-11-31(12-4-1)33-19-23-37(24-20-33)47-43-28-27-40-39-17-9-10-18-42(39)48(38-25-21-34(22-26-38)32-13-5-2-6-14-32)46(40)45(43)41-29-35-15-7-8-16-36(35)30-44(41)47/h1-30H. The van der Waals surface area contributed by atoms with Crippen LogP contribution in [0.2, 0.25) is 0 Å². The van der Waals surface area contributed by atoms with E-state index in [0.717, 1.165) is 11.4 Å². The van der Waals surface area contributed by atoms with Crippen LogP contribution in [0.3, 0.4) is 0 Å². The zero-order valence-electron chi connectivity index (χ0n) is 26.2. The minimum Gasteiger partial charge on any atom is -0.309 e. The van der Waals surface area contributed by atoms with Gasteiger partial charge in [-0.15, -0.1) is 0 Å². The van der Waals surface area contributed by atoms with Gasteiger partial charge in [0.05, 0.1) is 22.1 Å². The Balaban J connectivity index is 1.29. The van der Waals surface area contributed by atoms with Crippen LogP contribution in [0.5, 0.6) is 0 Å². The molecule has 2 aromatic heterocycles. The lowest BCUT2D eigenvalue weighted by molar-refractivity contribution is 1.17. The van der Waals surface area contributed by atoms with E-state index in [1.807, 2.05) is 0 Å². The first-order valence-corrected chi connectivity index (χ1v) is 16.5. The minimum atomic E-state index is 1.15. The van der Waals surface area contributed by atoms with Gasteiger partial charge >= 0.3 is 0 Å². The van der Waals surface area contributed by atoms with Crippen LogP contribution in [-0.4, -0.2) is 9.13 Å². The van der Waals surface area contributed by atoms with Gasteiger partial charge in [-0.3, -0.25) is 0 Å². The van der Waals surface area contributed by atoms with Gasteiger partial charge in [-0.25, -0.2) is 0 Å². The third kappa shape index (κ3) is 4.06. The van der Waals surface area contributed by atoms with Gasteiger partial charge in [0.15, 0.2) is 0 Å². The smallest absolute Gasteiger partial charge is 0.0641 e. The minimum absolute atomic E-state index is 1.15. The van der Waals surface area contributed by atoms with Crippen LogP contribution in [0.25, 0.3) is 88.0 Å². The van der Waals surface area contributed by atoms with Crippen molar-refractivity contribution in [3.8, 4) is 33.6 Å². The lowest BCUT2D eigenvalue weighted by Gasteiger charge is -2.11. The Morgan fingerprint density at radius 3 is 1.46 bits per heavy atom. The van der Waals surface area contributed by atoms with Crippen molar-refractivity contribution >= 4 is 54.4 Å². The summed E-state index contributed by atoms with van der Waals surface area (Å²) >= 11 is 0. The lowest BCUT2D eigenvalue weighted by atomic mass is 10.0. The second kappa shape index (κ2) is 10.6. The molecule has 0 N–H and O–H groups in total. The Bertz CT molecular complexity index is 2780. The van der Waals surface area contributed by atoms with Crippen LogP contribution in [0, 0.1) is 0 Å². The van der Waals surface area contributed by atoms with Crippen molar-refractivity contribution in [3.05, 3.63) is 182 Å². The molecule has 0 spiro atoms. The molecular weight excluding hydrogens is 581 g/mol. The highest BCUT2D eigenvalue weighted by Gasteiger charge is 2.21. The first-order chi connectivity index (χ1) is 23.8. The second-order valence-electron chi connectivity index (χ2n) is 12.6. The Morgan fingerprint density at radius 2 is 0.812 bits per heavy atom. The molecule has 8 aromatic carbocycles. The number of rotatable bonds is 4. The second-order valence-corrected chi connectivity index (χ2v) is 12.6. The van der Waals surface area contributed by atoms with E-state index in [4.69, 9.17) is 0 Å². The summed E-state index contributed by atoms with van der Waals surface area (Å²) in [7, 11) is 0. The van der Waals surface area contributed by atoms with Gasteiger partial charge in [0.2, 0.25) is 0 Å². The average molecular weight is 611 g/mol. The van der Waals surface area contributed by atoms with Gasteiger partial charge in [-0.1, -0.05) is 133 Å². The summed E-state index contributed by atoms with van der Waals surface area (Å²) in [5.74, 6) is 0. The van der Waals surface area contributed by atoms with Crippen molar-refractivity contribution in [2.24, 2.45) is 0 Å². The van der Waals surface area contributed by atoms with E-state index in [2.05, 4.69) is 191 Å². The summed E-state index contributed by atoms with van der Waals surface area (Å²) in [5, 5.41) is 7.53. The number of benzene rings is 8. The van der Waals surface area contributed by atoms with E-state index in [1.54, 1.807) is 0 Å². The van der Waals surface area contributed by atoms with Crippen molar-refractivity contribution in [1.29, 1.82) is 0 Å². The molecule has 10 aromatic rings. The molecule has 0 atom stereocenters. The zero-order chi connectivity index (χ0) is 31.6. The fourth-order valence-electron chi connectivity index (χ4n) is 7.66. The fourth-order valence-corrected chi connectivity index (χ4v) is 7.66. The third-order valence-corrected chi connectivity index (χ3v) is 9.90. The molecule has 0 unspecified atom stereocenters. The Morgan fingerprint density at radius 1 is 0.292 bits per heavy atom. The molecule has 0 radical (unpaired) electrons. The predicted molar refractivity (Wildman–Crippen MR) is 203 cm³/mol. The van der Waals surface area contributed by atoms with Crippen LogP contribution < -0.4 is 0 Å². The highest BCUT2D eigenvalue weighted by molar-refractivity contribution is 6.27. The molecular formula is C46H30N2. The number of hydrogen-bond donors (Lipinski definition) is 0. The largest absolute Gasteiger partial charge is 0.309 e. The number of fused-ring (bicyclic) bond motifs is 8. The molecule has 0 fully saturated rings. The highest BCUT2D eigenvalue weighted by Crippen LogP contribution is 2.43. The number of aromatic nitrogens is 2. The molecule has 0 saturated carbocycles. The van der Waals surface area contributed by atoms with Gasteiger partial charge in [0.25, 0.3) is 0 Å². The summed E-state index contributed by atoms with van der Waals surface area (Å²) in [4.78, 5) is 0. The molecule has 2 nitrogen and oxygen atoms in total. The van der Waals surface area contributed by atoms with E-state index in [9.17, 15) is 0 Å². The molecule has 2 heteroatoms. The molecule has 224 valence electrons. The molecule has 0 saturated heterocycles. The quantitative estimate of drug-likeness (QED) is 0.188. The fraction of sp³-hybridized carbons (Fsp3) is 0. The highest BCUT2D eigenvalue weighted by atomic mass is 15.0. The molecule has 0 aliphatic heterocycles. The van der Waals surface area contributed by atoms with E-state index in [0.29, 0.717) is 0 Å². The summed E-state index contributed by atoms with van der Waals surface area (Å²) in [6.45, 7) is 0. The summed E-state index contributed by atoms with van der Waals surface area (Å²) in [6.07, 6.45) is 0. The van der Waals surface area contributed by atoms with E-state index < -0.39 is 0 Å². The van der Waals surface area contributed by atoms with Crippen molar-refractivity contribution in [2.75, 3.05) is 0 Å². The SMILES string of the molecule is c1ccc(-c2ccc(-n3c4cc5ccccc5cc4c4c3ccc3c5ccccc5n(-c5ccc(-c6ccccc6)cc5)c34)cc2)cc1. The summed E-state index contributed by atoms with van der Waals surface area (Å²) in [6, 6.07) is 66.2. The maximum absolute atomic E-state index is 2.47. The maximum atomic E-state index is 2.47. The van der Waals surface area contributed by atoms with E-state index in [-0.39, 0.29) is 0 Å². The number of nitrogens with zero attached hydrogens (tertiary/aromatic N) is 2. The van der Waals surface area contributed by atoms with Crippen LogP contribution >= 0.6 is 0 Å². The van der Waals surface area contributed by atoms with E-state index >= 15 is 0 Å². The zero-order valence-corrected chi connectivity index (χ0v) is 26.2. The van der Waals surface area contributed by atoms with Crippen LogP contribution in [-0.2, 0) is 0 Å². The van der Waals surface area contributed by atoms with Gasteiger partial charge < -0.3 is 9.13 Å². The van der Waals surface area contributed by atoms with Crippen molar-refractivity contribution in [1.82, 2.24) is 9.13 Å². The maximum Gasteiger partial charge on any atom is 0.0641 e. The first kappa shape index (κ1) is 26.8. The number of para-hydroxylation sites is 1. The monoisotopic (exact) mass is 610 g/mol. The van der Waals surface area contributed by atoms with Crippen LogP contribution in [0.1, 0.15) is 0 Å². The molecule has 0 bridgehead atoms. The van der Waals surface area contributed by atoms with Gasteiger partial charge in [-0.05, 0) is 81.6 Å². The van der Waals surface area contributed by atoms with Gasteiger partial charge in [0, 0.05) is 32.9 Å². The van der Waals surface area contributed by atoms with Crippen molar-refractivity contribution in [3.63, 3.8) is 0 Å². The van der Waals surface area contributed by atoms with Gasteiger partial charge in [0.1, 0.15) is 0 Å². The Hall–Kier alpha value is -6.38. The molecule has 2 heterocycles. The topological polar surface area (TPSA) is 9.86 Å². The first-order valence-electron chi connectivity index (χ1n) is 16.5. The predicted octanol–water partition coefficient (Wildman–Crippen LogP) is 12.4.